The Hall–Kier alpha value is -1.21. The molecule has 0 aliphatic heterocycles. The van der Waals surface area contributed by atoms with Crippen molar-refractivity contribution in [1.29, 1.82) is 0 Å². The van der Waals surface area contributed by atoms with Gasteiger partial charge in [-0.3, -0.25) is 0 Å². The van der Waals surface area contributed by atoms with E-state index < -0.39 is 0 Å². The summed E-state index contributed by atoms with van der Waals surface area (Å²) in [4.78, 5) is 0. The van der Waals surface area contributed by atoms with Crippen LogP contribution in [0.25, 0.3) is 10.8 Å². The molecule has 0 saturated heterocycles. The van der Waals surface area contributed by atoms with Gasteiger partial charge in [-0.15, -0.1) is 0 Å². The third kappa shape index (κ3) is 3.64. The second kappa shape index (κ2) is 6.65. The Morgan fingerprint density at radius 3 is 2.56 bits per heavy atom. The van der Waals surface area contributed by atoms with Gasteiger partial charge in [0.1, 0.15) is 5.75 Å². The van der Waals surface area contributed by atoms with Crippen LogP contribution in [0.4, 0.5) is 0 Å². The lowest BCUT2D eigenvalue weighted by Crippen LogP contribution is -1.96. The number of benzene rings is 2. The molecule has 0 atom stereocenters. The van der Waals surface area contributed by atoms with Gasteiger partial charge in [-0.25, -0.2) is 0 Å². The van der Waals surface area contributed by atoms with Crippen molar-refractivity contribution < 1.29 is 4.74 Å². The molecule has 2 heteroatoms. The fourth-order valence-electron chi connectivity index (χ4n) is 2.00. The standard InChI is InChI=1S/C16H19ClO/c1-2-3-4-5-10-18-16-9-7-13-11-15(17)8-6-14(13)12-16/h6-9,11-12H,2-5,10H2,1H3. The lowest BCUT2D eigenvalue weighted by molar-refractivity contribution is 0.305. The van der Waals surface area contributed by atoms with Crippen LogP contribution in [0.1, 0.15) is 32.6 Å². The maximum atomic E-state index is 5.96. The van der Waals surface area contributed by atoms with Gasteiger partial charge < -0.3 is 4.74 Å². The maximum Gasteiger partial charge on any atom is 0.119 e. The molecule has 0 aliphatic carbocycles. The summed E-state index contributed by atoms with van der Waals surface area (Å²) >= 11 is 5.96. The lowest BCUT2D eigenvalue weighted by Gasteiger charge is -2.07. The molecule has 0 fully saturated rings. The molecule has 0 bridgehead atoms. The minimum Gasteiger partial charge on any atom is -0.494 e. The fourth-order valence-corrected chi connectivity index (χ4v) is 2.18. The second-order valence-electron chi connectivity index (χ2n) is 4.56. The van der Waals surface area contributed by atoms with Crippen LogP contribution in [0.2, 0.25) is 5.02 Å². The number of rotatable bonds is 6. The minimum absolute atomic E-state index is 0.774. The molecule has 0 radical (unpaired) electrons. The molecule has 2 aromatic rings. The van der Waals surface area contributed by atoms with Gasteiger partial charge in [-0.1, -0.05) is 49.9 Å². The van der Waals surface area contributed by atoms with E-state index in [4.69, 9.17) is 16.3 Å². The van der Waals surface area contributed by atoms with Gasteiger partial charge in [-0.05, 0) is 41.5 Å². The van der Waals surface area contributed by atoms with E-state index in [2.05, 4.69) is 19.1 Å². The van der Waals surface area contributed by atoms with Crippen LogP contribution in [0.15, 0.2) is 36.4 Å². The van der Waals surface area contributed by atoms with Crippen molar-refractivity contribution in [2.45, 2.75) is 32.6 Å². The molecule has 0 unspecified atom stereocenters. The van der Waals surface area contributed by atoms with Crippen molar-refractivity contribution >= 4 is 22.4 Å². The zero-order chi connectivity index (χ0) is 12.8. The van der Waals surface area contributed by atoms with E-state index in [1.165, 1.54) is 24.6 Å². The molecule has 0 spiro atoms. The van der Waals surface area contributed by atoms with Crippen LogP contribution in [-0.2, 0) is 0 Å². The molecule has 0 aromatic heterocycles. The molecule has 2 rings (SSSR count). The van der Waals surface area contributed by atoms with Crippen molar-refractivity contribution in [3.8, 4) is 5.75 Å². The van der Waals surface area contributed by atoms with Crippen LogP contribution < -0.4 is 4.74 Å². The number of fused-ring (bicyclic) bond motifs is 1. The zero-order valence-electron chi connectivity index (χ0n) is 10.8. The van der Waals surface area contributed by atoms with Crippen molar-refractivity contribution in [2.24, 2.45) is 0 Å². The number of hydrogen-bond acceptors (Lipinski definition) is 1. The summed E-state index contributed by atoms with van der Waals surface area (Å²) in [6, 6.07) is 12.1. The SMILES string of the molecule is CCCCCCOc1ccc2cc(Cl)ccc2c1. The highest BCUT2D eigenvalue weighted by Gasteiger charge is 1.98. The maximum absolute atomic E-state index is 5.96. The van der Waals surface area contributed by atoms with Gasteiger partial charge in [0.05, 0.1) is 6.61 Å². The Morgan fingerprint density at radius 2 is 1.72 bits per heavy atom. The van der Waals surface area contributed by atoms with E-state index in [0.29, 0.717) is 0 Å². The van der Waals surface area contributed by atoms with E-state index in [9.17, 15) is 0 Å². The average molecular weight is 263 g/mol. The van der Waals surface area contributed by atoms with Crippen molar-refractivity contribution in [3.63, 3.8) is 0 Å². The topological polar surface area (TPSA) is 9.23 Å². The summed E-state index contributed by atoms with van der Waals surface area (Å²) in [5, 5.41) is 3.10. The van der Waals surface area contributed by atoms with Crippen LogP contribution in [-0.4, -0.2) is 6.61 Å². The first-order chi connectivity index (χ1) is 8.79. The molecule has 2 aromatic carbocycles. The van der Waals surface area contributed by atoms with E-state index in [0.717, 1.165) is 29.2 Å². The molecular weight excluding hydrogens is 244 g/mol. The number of hydrogen-bond donors (Lipinski definition) is 0. The molecule has 0 aliphatic rings. The lowest BCUT2D eigenvalue weighted by atomic mass is 10.1. The molecule has 1 nitrogen and oxygen atoms in total. The highest BCUT2D eigenvalue weighted by Crippen LogP contribution is 2.24. The molecular formula is C16H19ClO. The van der Waals surface area contributed by atoms with Crippen LogP contribution in [0.5, 0.6) is 5.75 Å². The molecule has 18 heavy (non-hydrogen) atoms. The Kier molecular flexibility index (Phi) is 4.89. The van der Waals surface area contributed by atoms with Gasteiger partial charge in [0.2, 0.25) is 0 Å². The van der Waals surface area contributed by atoms with Crippen molar-refractivity contribution in [3.05, 3.63) is 41.4 Å². The van der Waals surface area contributed by atoms with Crippen LogP contribution in [0.3, 0.4) is 0 Å². The van der Waals surface area contributed by atoms with Gasteiger partial charge in [0.25, 0.3) is 0 Å². The third-order valence-electron chi connectivity index (χ3n) is 3.04. The first-order valence-electron chi connectivity index (χ1n) is 6.61. The summed E-state index contributed by atoms with van der Waals surface area (Å²) in [6.07, 6.45) is 4.93. The summed E-state index contributed by atoms with van der Waals surface area (Å²) < 4.78 is 5.76. The van der Waals surface area contributed by atoms with E-state index in [1.807, 2.05) is 24.3 Å². The molecule has 0 amide bonds. The van der Waals surface area contributed by atoms with E-state index in [-0.39, 0.29) is 0 Å². The van der Waals surface area contributed by atoms with Crippen molar-refractivity contribution in [2.75, 3.05) is 6.61 Å². The number of ether oxygens (including phenoxy) is 1. The zero-order valence-corrected chi connectivity index (χ0v) is 11.5. The predicted molar refractivity (Wildman–Crippen MR) is 78.6 cm³/mol. The van der Waals surface area contributed by atoms with E-state index >= 15 is 0 Å². The molecule has 96 valence electrons. The summed E-state index contributed by atoms with van der Waals surface area (Å²) in [6.45, 7) is 3.02. The van der Waals surface area contributed by atoms with Crippen molar-refractivity contribution in [1.82, 2.24) is 0 Å². The molecule has 0 heterocycles. The minimum atomic E-state index is 0.774. The second-order valence-corrected chi connectivity index (χ2v) is 5.00. The number of halogens is 1. The van der Waals surface area contributed by atoms with Gasteiger partial charge in [0.15, 0.2) is 0 Å². The van der Waals surface area contributed by atoms with Gasteiger partial charge >= 0.3 is 0 Å². The Bertz CT molecular complexity index is 507. The van der Waals surface area contributed by atoms with Crippen LogP contribution in [0, 0.1) is 0 Å². The van der Waals surface area contributed by atoms with Crippen LogP contribution >= 0.6 is 11.6 Å². The number of unbranched alkanes of at least 4 members (excludes halogenated alkanes) is 3. The molecule has 0 saturated carbocycles. The normalized spacial score (nSPS) is 10.8. The smallest absolute Gasteiger partial charge is 0.119 e. The fraction of sp³-hybridized carbons (Fsp3) is 0.375. The first-order valence-corrected chi connectivity index (χ1v) is 6.99. The average Bonchev–Trinajstić information content (AvgIpc) is 2.38. The predicted octanol–water partition coefficient (Wildman–Crippen LogP) is 5.45. The Labute approximate surface area is 114 Å². The van der Waals surface area contributed by atoms with E-state index in [1.54, 1.807) is 0 Å². The summed E-state index contributed by atoms with van der Waals surface area (Å²) in [5.41, 5.74) is 0. The molecule has 0 N–H and O–H groups in total. The largest absolute Gasteiger partial charge is 0.494 e. The third-order valence-corrected chi connectivity index (χ3v) is 3.28. The Morgan fingerprint density at radius 1 is 0.944 bits per heavy atom. The Balaban J connectivity index is 1.95. The van der Waals surface area contributed by atoms with Gasteiger partial charge in [0, 0.05) is 5.02 Å². The first kappa shape index (κ1) is 13.2. The van der Waals surface area contributed by atoms with Gasteiger partial charge in [-0.2, -0.15) is 0 Å². The quantitative estimate of drug-likeness (QED) is 0.629. The highest BCUT2D eigenvalue weighted by atomic mass is 35.5. The summed E-state index contributed by atoms with van der Waals surface area (Å²) in [5.74, 6) is 0.946. The highest BCUT2D eigenvalue weighted by molar-refractivity contribution is 6.31. The summed E-state index contributed by atoms with van der Waals surface area (Å²) in [7, 11) is 0. The monoisotopic (exact) mass is 262 g/mol.